The normalized spacial score (nSPS) is 17.9. The molecule has 0 spiro atoms. The van der Waals surface area contributed by atoms with Crippen molar-refractivity contribution in [1.82, 2.24) is 10.3 Å². The summed E-state index contributed by atoms with van der Waals surface area (Å²) in [7, 11) is 0. The molecule has 0 aliphatic heterocycles. The molecule has 19 heavy (non-hydrogen) atoms. The van der Waals surface area contributed by atoms with Gasteiger partial charge in [0, 0.05) is 17.6 Å². The minimum Gasteiger partial charge on any atom is -0.394 e. The SMILES string of the molecule is OCC(NC1CCCC1)c1ccc2ncccc2c1. The number of hydrogen-bond acceptors (Lipinski definition) is 3. The van der Waals surface area contributed by atoms with Gasteiger partial charge in [0.1, 0.15) is 0 Å². The smallest absolute Gasteiger partial charge is 0.0702 e. The van der Waals surface area contributed by atoms with E-state index in [0.717, 1.165) is 16.5 Å². The largest absolute Gasteiger partial charge is 0.394 e. The zero-order valence-corrected chi connectivity index (χ0v) is 11.0. The van der Waals surface area contributed by atoms with Crippen LogP contribution in [-0.2, 0) is 0 Å². The van der Waals surface area contributed by atoms with Gasteiger partial charge in [0.25, 0.3) is 0 Å². The maximum Gasteiger partial charge on any atom is 0.0702 e. The molecule has 1 aromatic carbocycles. The lowest BCUT2D eigenvalue weighted by molar-refractivity contribution is 0.233. The van der Waals surface area contributed by atoms with Crippen molar-refractivity contribution in [2.45, 2.75) is 37.8 Å². The topological polar surface area (TPSA) is 45.1 Å². The Bertz CT molecular complexity index is 549. The van der Waals surface area contributed by atoms with E-state index in [0.29, 0.717) is 6.04 Å². The lowest BCUT2D eigenvalue weighted by Gasteiger charge is -2.21. The first-order valence-electron chi connectivity index (χ1n) is 7.08. The fourth-order valence-corrected chi connectivity index (χ4v) is 2.94. The molecule has 1 fully saturated rings. The number of nitrogens with zero attached hydrogens (tertiary/aromatic N) is 1. The van der Waals surface area contributed by atoms with E-state index in [1.807, 2.05) is 18.3 Å². The molecule has 0 saturated heterocycles. The third-order valence-electron chi connectivity index (χ3n) is 4.00. The Morgan fingerprint density at radius 2 is 2.11 bits per heavy atom. The Kier molecular flexibility index (Phi) is 3.76. The van der Waals surface area contributed by atoms with Crippen LogP contribution in [0.2, 0.25) is 0 Å². The maximum absolute atomic E-state index is 9.63. The summed E-state index contributed by atoms with van der Waals surface area (Å²) in [4.78, 5) is 4.33. The number of nitrogens with one attached hydrogen (secondary N) is 1. The van der Waals surface area contributed by atoms with E-state index in [-0.39, 0.29) is 12.6 Å². The van der Waals surface area contributed by atoms with Gasteiger partial charge in [0.15, 0.2) is 0 Å². The summed E-state index contributed by atoms with van der Waals surface area (Å²) in [5.41, 5.74) is 2.15. The monoisotopic (exact) mass is 256 g/mol. The Hall–Kier alpha value is -1.45. The molecule has 1 heterocycles. The van der Waals surface area contributed by atoms with Crippen LogP contribution in [0.5, 0.6) is 0 Å². The van der Waals surface area contributed by atoms with Gasteiger partial charge in [0.2, 0.25) is 0 Å². The van der Waals surface area contributed by atoms with E-state index in [1.165, 1.54) is 25.7 Å². The van der Waals surface area contributed by atoms with Crippen LogP contribution in [0.4, 0.5) is 0 Å². The summed E-state index contributed by atoms with van der Waals surface area (Å²) < 4.78 is 0. The molecule has 3 nitrogen and oxygen atoms in total. The number of aliphatic hydroxyl groups is 1. The molecule has 1 aromatic heterocycles. The van der Waals surface area contributed by atoms with Gasteiger partial charge in [-0.2, -0.15) is 0 Å². The fraction of sp³-hybridized carbons (Fsp3) is 0.438. The standard InChI is InChI=1S/C16H20N2O/c19-11-16(18-14-5-1-2-6-14)13-7-8-15-12(10-13)4-3-9-17-15/h3-4,7-10,14,16,18-19H,1-2,5-6,11H2. The highest BCUT2D eigenvalue weighted by Crippen LogP contribution is 2.23. The van der Waals surface area contributed by atoms with Crippen LogP contribution in [0, 0.1) is 0 Å². The first-order chi connectivity index (χ1) is 9.36. The molecule has 0 bridgehead atoms. The van der Waals surface area contributed by atoms with Crippen molar-refractivity contribution in [2.75, 3.05) is 6.61 Å². The second-order valence-electron chi connectivity index (χ2n) is 5.34. The summed E-state index contributed by atoms with van der Waals surface area (Å²) in [5.74, 6) is 0. The van der Waals surface area contributed by atoms with Crippen LogP contribution in [0.25, 0.3) is 10.9 Å². The third kappa shape index (κ3) is 2.77. The van der Waals surface area contributed by atoms with E-state index in [9.17, 15) is 5.11 Å². The lowest BCUT2D eigenvalue weighted by atomic mass is 10.0. The quantitative estimate of drug-likeness (QED) is 0.884. The first-order valence-corrected chi connectivity index (χ1v) is 7.08. The molecule has 3 heteroatoms. The van der Waals surface area contributed by atoms with Crippen molar-refractivity contribution >= 4 is 10.9 Å². The number of benzene rings is 1. The van der Waals surface area contributed by atoms with Gasteiger partial charge in [-0.3, -0.25) is 4.98 Å². The molecule has 1 aliphatic carbocycles. The van der Waals surface area contributed by atoms with Crippen LogP contribution in [0.1, 0.15) is 37.3 Å². The van der Waals surface area contributed by atoms with Gasteiger partial charge in [-0.1, -0.05) is 25.0 Å². The molecule has 0 amide bonds. The zero-order valence-electron chi connectivity index (χ0n) is 11.0. The number of aliphatic hydroxyl groups excluding tert-OH is 1. The predicted octanol–water partition coefficient (Wildman–Crippen LogP) is 2.80. The summed E-state index contributed by atoms with van der Waals surface area (Å²) in [6.45, 7) is 0.141. The summed E-state index contributed by atoms with van der Waals surface area (Å²) in [6, 6.07) is 10.8. The molecule has 0 radical (unpaired) electrons. The van der Waals surface area contributed by atoms with Crippen molar-refractivity contribution in [2.24, 2.45) is 0 Å². The number of pyridine rings is 1. The average Bonchev–Trinajstić information content (AvgIpc) is 2.97. The highest BCUT2D eigenvalue weighted by Gasteiger charge is 2.19. The Labute approximate surface area is 113 Å². The molecule has 100 valence electrons. The van der Waals surface area contributed by atoms with Crippen molar-refractivity contribution in [1.29, 1.82) is 0 Å². The van der Waals surface area contributed by atoms with E-state index in [2.05, 4.69) is 28.5 Å². The van der Waals surface area contributed by atoms with Gasteiger partial charge in [-0.15, -0.1) is 0 Å². The van der Waals surface area contributed by atoms with E-state index < -0.39 is 0 Å². The summed E-state index contributed by atoms with van der Waals surface area (Å²) in [5, 5.41) is 14.3. The molecule has 2 aromatic rings. The molecular weight excluding hydrogens is 236 g/mol. The van der Waals surface area contributed by atoms with Crippen molar-refractivity contribution in [3.05, 3.63) is 42.1 Å². The van der Waals surface area contributed by atoms with Crippen LogP contribution in [0.15, 0.2) is 36.5 Å². The van der Waals surface area contributed by atoms with Gasteiger partial charge < -0.3 is 10.4 Å². The van der Waals surface area contributed by atoms with E-state index >= 15 is 0 Å². The van der Waals surface area contributed by atoms with Gasteiger partial charge in [0.05, 0.1) is 18.2 Å². The molecule has 1 saturated carbocycles. The molecule has 3 rings (SSSR count). The molecular formula is C16H20N2O. The fourth-order valence-electron chi connectivity index (χ4n) is 2.94. The third-order valence-corrected chi connectivity index (χ3v) is 4.00. The molecule has 1 atom stereocenters. The van der Waals surface area contributed by atoms with Crippen molar-refractivity contribution in [3.8, 4) is 0 Å². The second kappa shape index (κ2) is 5.68. The maximum atomic E-state index is 9.63. The van der Waals surface area contributed by atoms with E-state index in [1.54, 1.807) is 0 Å². The minimum absolute atomic E-state index is 0.0349. The number of rotatable bonds is 4. The van der Waals surface area contributed by atoms with Gasteiger partial charge >= 0.3 is 0 Å². The highest BCUT2D eigenvalue weighted by molar-refractivity contribution is 5.79. The zero-order chi connectivity index (χ0) is 13.1. The summed E-state index contributed by atoms with van der Waals surface area (Å²) in [6.07, 6.45) is 6.87. The van der Waals surface area contributed by atoms with Crippen LogP contribution in [0.3, 0.4) is 0 Å². The van der Waals surface area contributed by atoms with Crippen LogP contribution >= 0.6 is 0 Å². The van der Waals surface area contributed by atoms with Crippen LogP contribution < -0.4 is 5.32 Å². The van der Waals surface area contributed by atoms with Crippen LogP contribution in [-0.4, -0.2) is 22.7 Å². The Morgan fingerprint density at radius 1 is 1.26 bits per heavy atom. The van der Waals surface area contributed by atoms with Gasteiger partial charge in [-0.05, 0) is 36.6 Å². The minimum atomic E-state index is 0.0349. The predicted molar refractivity (Wildman–Crippen MR) is 77.0 cm³/mol. The summed E-state index contributed by atoms with van der Waals surface area (Å²) >= 11 is 0. The number of hydrogen-bond donors (Lipinski definition) is 2. The number of fused-ring (bicyclic) bond motifs is 1. The lowest BCUT2D eigenvalue weighted by Crippen LogP contribution is -2.32. The molecule has 1 aliphatic rings. The average molecular weight is 256 g/mol. The second-order valence-corrected chi connectivity index (χ2v) is 5.34. The Balaban J connectivity index is 1.83. The molecule has 2 N–H and O–H groups in total. The Morgan fingerprint density at radius 3 is 2.89 bits per heavy atom. The van der Waals surface area contributed by atoms with E-state index in [4.69, 9.17) is 0 Å². The highest BCUT2D eigenvalue weighted by atomic mass is 16.3. The number of aromatic nitrogens is 1. The van der Waals surface area contributed by atoms with Crippen molar-refractivity contribution < 1.29 is 5.11 Å². The van der Waals surface area contributed by atoms with Crippen molar-refractivity contribution in [3.63, 3.8) is 0 Å². The first kappa shape index (κ1) is 12.6. The van der Waals surface area contributed by atoms with Gasteiger partial charge in [-0.25, -0.2) is 0 Å². The molecule has 1 unspecified atom stereocenters.